The number of hydrogen-bond acceptors (Lipinski definition) is 5. The molecule has 1 unspecified atom stereocenters. The van der Waals surface area contributed by atoms with Gasteiger partial charge in [0.15, 0.2) is 0 Å². The number of anilines is 1. The molecule has 10 heteroatoms. The van der Waals surface area contributed by atoms with Gasteiger partial charge in [-0.2, -0.15) is 5.10 Å². The second kappa shape index (κ2) is 9.53. The Balaban J connectivity index is 1.31. The predicted molar refractivity (Wildman–Crippen MR) is 155 cm³/mol. The van der Waals surface area contributed by atoms with Gasteiger partial charge >= 0.3 is 5.69 Å². The lowest BCUT2D eigenvalue weighted by Gasteiger charge is -2.39. The highest BCUT2D eigenvalue weighted by Crippen LogP contribution is 2.43. The number of aryl methyl sites for hydroxylation is 1. The first-order chi connectivity index (χ1) is 19.4. The van der Waals surface area contributed by atoms with Crippen molar-refractivity contribution in [1.82, 2.24) is 24.2 Å². The molecule has 1 atom stereocenters. The number of benzene rings is 3. The third-order valence-corrected chi connectivity index (χ3v) is 8.62. The summed E-state index contributed by atoms with van der Waals surface area (Å²) in [6.45, 7) is 4.00. The van der Waals surface area contributed by atoms with E-state index in [-0.39, 0.29) is 11.4 Å². The maximum atomic E-state index is 15.1. The van der Waals surface area contributed by atoms with Crippen LogP contribution in [0.2, 0.25) is 5.02 Å². The molecule has 5 aromatic rings. The number of phenols is 1. The summed E-state index contributed by atoms with van der Waals surface area (Å²) in [5, 5.41) is 20.1. The van der Waals surface area contributed by atoms with Crippen LogP contribution in [0, 0.1) is 5.82 Å². The zero-order chi connectivity index (χ0) is 27.5. The molecule has 2 aliphatic rings. The average molecular weight is 559 g/mol. The van der Waals surface area contributed by atoms with Gasteiger partial charge in [-0.3, -0.25) is 14.6 Å². The van der Waals surface area contributed by atoms with Crippen LogP contribution >= 0.6 is 11.6 Å². The van der Waals surface area contributed by atoms with Crippen LogP contribution in [-0.4, -0.2) is 61.6 Å². The Labute approximate surface area is 234 Å². The highest BCUT2D eigenvalue weighted by molar-refractivity contribution is 6.32. The van der Waals surface area contributed by atoms with E-state index >= 15 is 4.39 Å². The van der Waals surface area contributed by atoms with Crippen molar-refractivity contribution in [3.05, 3.63) is 82.4 Å². The number of aromatic nitrogens is 4. The normalized spacial score (nSPS) is 17.6. The molecule has 0 bridgehead atoms. The number of hydrogen-bond donors (Lipinski definition) is 2. The van der Waals surface area contributed by atoms with Crippen LogP contribution in [0.1, 0.15) is 12.8 Å². The molecule has 2 N–H and O–H groups in total. The number of aromatic hydroxyl groups is 1. The Morgan fingerprint density at radius 3 is 2.62 bits per heavy atom. The maximum Gasteiger partial charge on any atom is 0.332 e. The average Bonchev–Trinajstić information content (AvgIpc) is 3.69. The molecule has 3 aromatic carbocycles. The highest BCUT2D eigenvalue weighted by Gasteiger charge is 2.31. The van der Waals surface area contributed by atoms with Crippen LogP contribution in [0.3, 0.4) is 0 Å². The Morgan fingerprint density at radius 2 is 1.85 bits per heavy atom. The fourth-order valence-corrected chi connectivity index (χ4v) is 6.49. The summed E-state index contributed by atoms with van der Waals surface area (Å²) in [7, 11) is 1.66. The molecule has 8 nitrogen and oxygen atoms in total. The largest absolute Gasteiger partial charge is 0.507 e. The topological polar surface area (TPSA) is 82.3 Å². The smallest absolute Gasteiger partial charge is 0.332 e. The Morgan fingerprint density at radius 1 is 1.02 bits per heavy atom. The van der Waals surface area contributed by atoms with Crippen LogP contribution in [-0.2, 0) is 7.05 Å². The number of rotatable bonds is 4. The lowest BCUT2D eigenvalue weighted by Crippen LogP contribution is -2.50. The number of halogens is 2. The molecule has 0 aliphatic carbocycles. The minimum Gasteiger partial charge on any atom is -0.507 e. The molecular weight excluding hydrogens is 531 g/mol. The second-order valence-electron chi connectivity index (χ2n) is 10.7. The van der Waals surface area contributed by atoms with E-state index in [2.05, 4.69) is 20.0 Å². The van der Waals surface area contributed by atoms with Gasteiger partial charge in [0.25, 0.3) is 0 Å². The van der Waals surface area contributed by atoms with Gasteiger partial charge in [0.05, 0.1) is 22.4 Å². The quantitative estimate of drug-likeness (QED) is 0.318. The van der Waals surface area contributed by atoms with Crippen molar-refractivity contribution in [3.8, 4) is 33.7 Å². The minimum atomic E-state index is -0.479. The summed E-state index contributed by atoms with van der Waals surface area (Å²) < 4.78 is 18.0. The number of nitrogens with one attached hydrogen (secondary N) is 1. The summed E-state index contributed by atoms with van der Waals surface area (Å²) in [6.07, 6.45) is 7.53. The van der Waals surface area contributed by atoms with E-state index in [1.54, 1.807) is 37.6 Å². The molecule has 0 spiro atoms. The molecule has 2 saturated heterocycles. The maximum absolute atomic E-state index is 15.1. The summed E-state index contributed by atoms with van der Waals surface area (Å²) >= 11 is 6.58. The Hall–Kier alpha value is -4.08. The summed E-state index contributed by atoms with van der Waals surface area (Å²) in [4.78, 5) is 17.4. The van der Waals surface area contributed by atoms with Crippen LogP contribution in [0.4, 0.5) is 10.1 Å². The van der Waals surface area contributed by atoms with Crippen molar-refractivity contribution < 1.29 is 9.50 Å². The summed E-state index contributed by atoms with van der Waals surface area (Å²) in [5.74, 6) is -0.527. The number of piperazine rings is 1. The van der Waals surface area contributed by atoms with E-state index < -0.39 is 5.82 Å². The summed E-state index contributed by atoms with van der Waals surface area (Å²) in [5.41, 5.74) is 4.05. The van der Waals surface area contributed by atoms with Crippen molar-refractivity contribution in [3.63, 3.8) is 0 Å². The number of H-pyrrole nitrogens is 1. The first-order valence-corrected chi connectivity index (χ1v) is 13.8. The Bertz CT molecular complexity index is 1830. The molecule has 0 radical (unpaired) electrons. The SMILES string of the molecule is Cn1ccn(-c2ccc(-c3cc(F)cc(-c4cc(N5CCN6CCCC6C5)c5cn[nH]c5c4)c3O)cc2Cl)c1=O. The highest BCUT2D eigenvalue weighted by atomic mass is 35.5. The van der Waals surface area contributed by atoms with Crippen molar-refractivity contribution in [2.45, 2.75) is 18.9 Å². The van der Waals surface area contributed by atoms with Gasteiger partial charge in [0.1, 0.15) is 11.6 Å². The molecule has 2 aliphatic heterocycles. The van der Waals surface area contributed by atoms with Crippen molar-refractivity contribution in [1.29, 1.82) is 0 Å². The van der Waals surface area contributed by atoms with E-state index in [0.29, 0.717) is 39.0 Å². The van der Waals surface area contributed by atoms with Gasteiger partial charge in [0.2, 0.25) is 0 Å². The third kappa shape index (κ3) is 4.08. The molecule has 204 valence electrons. The molecular formula is C30H28ClFN6O2. The number of imidazole rings is 1. The van der Waals surface area contributed by atoms with E-state index in [1.807, 2.05) is 18.3 Å². The monoisotopic (exact) mass is 558 g/mol. The molecule has 4 heterocycles. The van der Waals surface area contributed by atoms with E-state index in [9.17, 15) is 9.90 Å². The van der Waals surface area contributed by atoms with Gasteiger partial charge in [-0.05, 0) is 66.9 Å². The van der Waals surface area contributed by atoms with Crippen LogP contribution in [0.15, 0.2) is 65.8 Å². The van der Waals surface area contributed by atoms with Gasteiger partial charge in [-0.1, -0.05) is 17.7 Å². The van der Waals surface area contributed by atoms with Crippen molar-refractivity contribution >= 4 is 28.2 Å². The molecule has 2 fully saturated rings. The van der Waals surface area contributed by atoms with Gasteiger partial charge < -0.3 is 14.6 Å². The first kappa shape index (κ1) is 24.9. The van der Waals surface area contributed by atoms with Crippen molar-refractivity contribution in [2.24, 2.45) is 7.05 Å². The molecule has 2 aromatic heterocycles. The number of aromatic amines is 1. The van der Waals surface area contributed by atoms with Crippen molar-refractivity contribution in [2.75, 3.05) is 31.1 Å². The Kier molecular flexibility index (Phi) is 5.94. The third-order valence-electron chi connectivity index (χ3n) is 8.32. The fourth-order valence-electron chi connectivity index (χ4n) is 6.22. The van der Waals surface area contributed by atoms with E-state index in [4.69, 9.17) is 11.6 Å². The summed E-state index contributed by atoms with van der Waals surface area (Å²) in [6, 6.07) is 12.2. The van der Waals surface area contributed by atoms with Crippen LogP contribution in [0.25, 0.3) is 38.8 Å². The lowest BCUT2D eigenvalue weighted by molar-refractivity contribution is 0.231. The molecule has 40 heavy (non-hydrogen) atoms. The van der Waals surface area contributed by atoms with Gasteiger partial charge in [-0.25, -0.2) is 9.18 Å². The predicted octanol–water partition coefficient (Wildman–Crippen LogP) is 5.17. The zero-order valence-corrected chi connectivity index (χ0v) is 22.7. The first-order valence-electron chi connectivity index (χ1n) is 13.4. The molecule has 0 amide bonds. The van der Waals surface area contributed by atoms with Crippen LogP contribution in [0.5, 0.6) is 5.75 Å². The molecule has 0 saturated carbocycles. The van der Waals surface area contributed by atoms with E-state index in [1.165, 1.54) is 34.1 Å². The second-order valence-corrected chi connectivity index (χ2v) is 11.1. The minimum absolute atomic E-state index is 0.0486. The number of nitrogens with zero attached hydrogens (tertiary/aromatic N) is 5. The van der Waals surface area contributed by atoms with Crippen LogP contribution < -0.4 is 10.6 Å². The van der Waals surface area contributed by atoms with Gasteiger partial charge in [-0.15, -0.1) is 0 Å². The lowest BCUT2D eigenvalue weighted by atomic mass is 9.95. The molecule has 7 rings (SSSR count). The standard InChI is InChI=1S/C30H28ClFN6O2/c1-35-7-10-38(30(35)40)27-5-4-18(11-25(27)31)22-14-20(32)15-23(29(22)39)19-12-26-24(16-33-34-26)28(13-19)37-9-8-36-6-2-3-21(36)17-37/h4-5,7,10-16,21,39H,2-3,6,8-9,17H2,1H3,(H,33,34). The zero-order valence-electron chi connectivity index (χ0n) is 21.9. The number of phenolic OH excluding ortho intramolecular Hbond substituents is 1. The van der Waals surface area contributed by atoms with Gasteiger partial charge in [0, 0.05) is 67.3 Å². The number of fused-ring (bicyclic) bond motifs is 2. The fraction of sp³-hybridized carbons (Fsp3) is 0.267. The van der Waals surface area contributed by atoms with E-state index in [0.717, 1.165) is 42.8 Å².